The van der Waals surface area contributed by atoms with Gasteiger partial charge >= 0.3 is 0 Å². The van der Waals surface area contributed by atoms with Gasteiger partial charge in [-0.1, -0.05) is 12.2 Å². The van der Waals surface area contributed by atoms with Crippen LogP contribution in [0.4, 0.5) is 0 Å². The normalized spacial score (nSPS) is 12.6. The number of carbonyl (C=O) groups is 1. The minimum atomic E-state index is -0.0533. The number of carbonyl (C=O) groups excluding carboxylic acids is 1. The predicted molar refractivity (Wildman–Crippen MR) is 57.3 cm³/mol. The number of aromatic nitrogens is 1. The Bertz CT molecular complexity index is 462. The molecule has 2 rings (SSSR count). The van der Waals surface area contributed by atoms with E-state index in [0.717, 1.165) is 11.3 Å². The molecule has 1 N–H and O–H groups in total. The molecule has 0 atom stereocenters. The third kappa shape index (κ3) is 1.38. The van der Waals surface area contributed by atoms with Crippen molar-refractivity contribution in [2.45, 2.75) is 6.32 Å². The second kappa shape index (κ2) is 3.56. The molecule has 66 valence electrons. The number of H-pyrrole nitrogens is 1. The summed E-state index contributed by atoms with van der Waals surface area (Å²) in [5.74, 6) is -0.0533. The van der Waals surface area contributed by atoms with Gasteiger partial charge in [-0.2, -0.15) is 0 Å². The molecule has 2 nitrogen and oxygen atoms in total. The van der Waals surface area contributed by atoms with Crippen molar-refractivity contribution in [3.8, 4) is 0 Å². The lowest BCUT2D eigenvalue weighted by Crippen LogP contribution is -1.97. The third-order valence-electron chi connectivity index (χ3n) is 2.12. The number of hydrogen-bond donors (Lipinski definition) is 1. The summed E-state index contributed by atoms with van der Waals surface area (Å²) in [5, 5.41) is 0. The summed E-state index contributed by atoms with van der Waals surface area (Å²) in [6.45, 7) is 0. The van der Waals surface area contributed by atoms with Crippen LogP contribution in [0.3, 0.4) is 0 Å². The van der Waals surface area contributed by atoms with Crippen LogP contribution in [-0.2, 0) is 0 Å². The molecule has 0 fully saturated rings. The van der Waals surface area contributed by atoms with Gasteiger partial charge in [0, 0.05) is 23.4 Å². The number of hydrogen-bond acceptors (Lipinski definition) is 1. The van der Waals surface area contributed by atoms with Crippen molar-refractivity contribution in [1.82, 2.24) is 4.98 Å². The number of allylic oxidation sites excluding steroid dienone is 2. The molecule has 0 aliphatic heterocycles. The Balaban J connectivity index is 2.54. The first-order valence-electron chi connectivity index (χ1n) is 4.36. The molecule has 1 heterocycles. The van der Waals surface area contributed by atoms with Crippen LogP contribution >= 0.6 is 0 Å². The lowest BCUT2D eigenvalue weighted by atomic mass is 9.94. The highest BCUT2D eigenvalue weighted by Gasteiger charge is 2.12. The average molecular weight is 181 g/mol. The van der Waals surface area contributed by atoms with Crippen LogP contribution in [0.1, 0.15) is 21.6 Å². The average Bonchev–Trinajstić information content (AvgIpc) is 2.46. The molecule has 0 saturated carbocycles. The molecule has 0 spiro atoms. The van der Waals surface area contributed by atoms with Gasteiger partial charge in [0.2, 0.25) is 0 Å². The molecule has 1 aromatic rings. The Morgan fingerprint density at radius 3 is 3.21 bits per heavy atom. The van der Waals surface area contributed by atoms with Gasteiger partial charge in [-0.3, -0.25) is 4.79 Å². The highest BCUT2D eigenvalue weighted by atomic mass is 16.1. The van der Waals surface area contributed by atoms with E-state index >= 15 is 0 Å². The van der Waals surface area contributed by atoms with E-state index in [9.17, 15) is 4.79 Å². The quantitative estimate of drug-likeness (QED) is 0.422. The second-order valence-electron chi connectivity index (χ2n) is 2.99. The zero-order chi connectivity index (χ0) is 9.97. The minimum Gasteiger partial charge on any atom is -0.360 e. The number of fused-ring (bicyclic) bond motifs is 1. The van der Waals surface area contributed by atoms with Crippen molar-refractivity contribution in [2.75, 3.05) is 0 Å². The van der Waals surface area contributed by atoms with E-state index in [1.54, 1.807) is 12.3 Å². The highest BCUT2D eigenvalue weighted by Crippen LogP contribution is 2.20. The molecule has 0 amide bonds. The first-order valence-corrected chi connectivity index (χ1v) is 4.36. The fraction of sp³-hybridized carbons (Fsp3) is 0.0909. The molecule has 3 heteroatoms. The zero-order valence-electron chi connectivity index (χ0n) is 7.58. The van der Waals surface area contributed by atoms with Gasteiger partial charge in [0.15, 0.2) is 5.78 Å². The van der Waals surface area contributed by atoms with Crippen LogP contribution in [0, 0.1) is 0 Å². The summed E-state index contributed by atoms with van der Waals surface area (Å²) in [6, 6.07) is 0. The molecular formula is C11H8BNO. The van der Waals surface area contributed by atoms with Gasteiger partial charge in [-0.25, -0.2) is 0 Å². The lowest BCUT2D eigenvalue weighted by Gasteiger charge is -1.96. The number of nitrogens with one attached hydrogen (secondary N) is 1. The van der Waals surface area contributed by atoms with Crippen molar-refractivity contribution < 1.29 is 4.79 Å². The summed E-state index contributed by atoms with van der Waals surface area (Å²) in [6.07, 6.45) is 9.06. The van der Waals surface area contributed by atoms with E-state index in [1.165, 1.54) is 0 Å². The molecule has 1 aliphatic rings. The molecule has 0 unspecified atom stereocenters. The van der Waals surface area contributed by atoms with Gasteiger partial charge in [0.05, 0.1) is 13.5 Å². The Labute approximate surface area is 83.4 Å². The molecular weight excluding hydrogens is 173 g/mol. The summed E-state index contributed by atoms with van der Waals surface area (Å²) in [7, 11) is 5.31. The summed E-state index contributed by atoms with van der Waals surface area (Å²) in [5.41, 5.74) is 5.39. The SMILES string of the molecule is [B]CC(=O)c1c[nH]c2c1C=CC=C=C2. The van der Waals surface area contributed by atoms with Crippen LogP contribution in [0.15, 0.2) is 24.1 Å². The largest absolute Gasteiger partial charge is 0.360 e. The first-order chi connectivity index (χ1) is 6.83. The van der Waals surface area contributed by atoms with Crippen LogP contribution in [0.25, 0.3) is 12.2 Å². The molecule has 2 radical (unpaired) electrons. The molecule has 0 aromatic carbocycles. The van der Waals surface area contributed by atoms with Gasteiger partial charge < -0.3 is 4.98 Å². The monoisotopic (exact) mass is 181 g/mol. The van der Waals surface area contributed by atoms with Crippen molar-refractivity contribution in [2.24, 2.45) is 0 Å². The molecule has 0 saturated heterocycles. The summed E-state index contributed by atoms with van der Waals surface area (Å²) < 4.78 is 0. The topological polar surface area (TPSA) is 32.9 Å². The maximum atomic E-state index is 11.4. The minimum absolute atomic E-state index is 0.0370. The van der Waals surface area contributed by atoms with Crippen LogP contribution < -0.4 is 0 Å². The Morgan fingerprint density at radius 2 is 2.43 bits per heavy atom. The fourth-order valence-corrected chi connectivity index (χ4v) is 1.42. The molecule has 1 aliphatic carbocycles. The lowest BCUT2D eigenvalue weighted by molar-refractivity contribution is 0.101. The van der Waals surface area contributed by atoms with E-state index in [1.807, 2.05) is 18.2 Å². The predicted octanol–water partition coefficient (Wildman–Crippen LogP) is 1.98. The number of rotatable bonds is 2. The van der Waals surface area contributed by atoms with E-state index in [-0.39, 0.29) is 12.1 Å². The maximum Gasteiger partial charge on any atom is 0.156 e. The van der Waals surface area contributed by atoms with Crippen LogP contribution in [0.2, 0.25) is 6.32 Å². The van der Waals surface area contributed by atoms with Crippen LogP contribution in [-0.4, -0.2) is 18.6 Å². The first kappa shape index (κ1) is 8.85. The number of Topliss-reactive ketones (excluding diaryl/α,β-unsaturated/α-hetero) is 1. The van der Waals surface area contributed by atoms with Gasteiger partial charge in [-0.05, 0) is 12.4 Å². The molecule has 0 bridgehead atoms. The van der Waals surface area contributed by atoms with Crippen molar-refractivity contribution in [3.05, 3.63) is 40.9 Å². The van der Waals surface area contributed by atoms with E-state index in [0.29, 0.717) is 5.56 Å². The van der Waals surface area contributed by atoms with E-state index < -0.39 is 0 Å². The van der Waals surface area contributed by atoms with E-state index in [4.69, 9.17) is 7.85 Å². The summed E-state index contributed by atoms with van der Waals surface area (Å²) >= 11 is 0. The Hall–Kier alpha value is -1.73. The summed E-state index contributed by atoms with van der Waals surface area (Å²) in [4.78, 5) is 14.5. The van der Waals surface area contributed by atoms with Crippen molar-refractivity contribution in [3.63, 3.8) is 0 Å². The second-order valence-corrected chi connectivity index (χ2v) is 2.99. The van der Waals surface area contributed by atoms with Gasteiger partial charge in [0.25, 0.3) is 0 Å². The zero-order valence-corrected chi connectivity index (χ0v) is 7.58. The fourth-order valence-electron chi connectivity index (χ4n) is 1.42. The van der Waals surface area contributed by atoms with Gasteiger partial charge in [0.1, 0.15) is 0 Å². The Morgan fingerprint density at radius 1 is 1.57 bits per heavy atom. The third-order valence-corrected chi connectivity index (χ3v) is 2.12. The standard InChI is InChI=1S/C11H8BNO/c12-6-11(14)9-7-13-10-5-3-1-2-4-8(9)10/h1-2,4-5,7,13H,6H2. The maximum absolute atomic E-state index is 11.4. The van der Waals surface area contributed by atoms with Crippen molar-refractivity contribution >= 4 is 25.8 Å². The van der Waals surface area contributed by atoms with E-state index in [2.05, 4.69) is 10.7 Å². The Kier molecular flexibility index (Phi) is 2.25. The van der Waals surface area contributed by atoms with Crippen molar-refractivity contribution in [1.29, 1.82) is 0 Å². The molecule has 1 aromatic heterocycles. The molecule has 14 heavy (non-hydrogen) atoms. The smallest absolute Gasteiger partial charge is 0.156 e. The van der Waals surface area contributed by atoms with Crippen LogP contribution in [0.5, 0.6) is 0 Å². The number of aromatic amines is 1. The van der Waals surface area contributed by atoms with Gasteiger partial charge in [-0.15, -0.1) is 5.73 Å². The highest BCUT2D eigenvalue weighted by molar-refractivity contribution is 6.24. The number of ketones is 1.